The Morgan fingerprint density at radius 3 is 2.24 bits per heavy atom. The summed E-state index contributed by atoms with van der Waals surface area (Å²) >= 11 is 0. The number of nitrogens with one attached hydrogen (secondary N) is 1. The highest BCUT2D eigenvalue weighted by molar-refractivity contribution is 6.35. The normalized spacial score (nSPS) is 9.71. The van der Waals surface area contributed by atoms with Crippen molar-refractivity contribution in [1.29, 1.82) is 0 Å². The van der Waals surface area contributed by atoms with Crippen molar-refractivity contribution < 1.29 is 14.4 Å². The van der Waals surface area contributed by atoms with E-state index in [0.29, 0.717) is 18.5 Å². The average molecular weight is 234 g/mol. The minimum atomic E-state index is -0.584. The molecule has 3 N–H and O–H groups in total. The van der Waals surface area contributed by atoms with Crippen LogP contribution < -0.4 is 11.1 Å². The number of amides is 2. The van der Waals surface area contributed by atoms with Crippen molar-refractivity contribution in [3.05, 3.63) is 35.4 Å². The molecule has 0 aromatic heterocycles. The summed E-state index contributed by atoms with van der Waals surface area (Å²) in [4.78, 5) is 32.4. The molecule has 0 unspecified atom stereocenters. The fourth-order valence-corrected chi connectivity index (χ4v) is 1.28. The van der Waals surface area contributed by atoms with E-state index in [4.69, 9.17) is 5.73 Å². The lowest BCUT2D eigenvalue weighted by molar-refractivity contribution is -0.136. The second-order valence-electron chi connectivity index (χ2n) is 3.62. The number of rotatable bonds is 5. The lowest BCUT2D eigenvalue weighted by atomic mass is 10.1. The molecule has 1 aromatic rings. The minimum absolute atomic E-state index is 0.383. The first-order valence-electron chi connectivity index (χ1n) is 5.18. The number of hydrogen-bond donors (Lipinski definition) is 2. The molecule has 0 aliphatic carbocycles. The van der Waals surface area contributed by atoms with E-state index >= 15 is 0 Å². The number of Topliss-reactive ketones (excluding diaryl/α,β-unsaturated/α-hetero) is 1. The van der Waals surface area contributed by atoms with Crippen molar-refractivity contribution in [3.8, 4) is 0 Å². The highest BCUT2D eigenvalue weighted by Gasteiger charge is 2.05. The van der Waals surface area contributed by atoms with Crippen molar-refractivity contribution in [2.75, 3.05) is 6.54 Å². The number of hydrogen-bond acceptors (Lipinski definition) is 3. The molecule has 0 aliphatic heterocycles. The van der Waals surface area contributed by atoms with Gasteiger partial charge in [-0.3, -0.25) is 14.4 Å². The van der Waals surface area contributed by atoms with Gasteiger partial charge in [0.25, 0.3) is 5.91 Å². The summed E-state index contributed by atoms with van der Waals surface area (Å²) in [5.41, 5.74) is 6.51. The van der Waals surface area contributed by atoms with E-state index in [1.807, 2.05) is 0 Å². The summed E-state index contributed by atoms with van der Waals surface area (Å²) in [5, 5.41) is 2.49. The molecule has 0 saturated carbocycles. The van der Waals surface area contributed by atoms with Crippen LogP contribution in [0.2, 0.25) is 0 Å². The summed E-state index contributed by atoms with van der Waals surface area (Å²) in [6.07, 6.45) is 0.595. The molecular formula is C12H14N2O3. The van der Waals surface area contributed by atoms with Gasteiger partial charge in [0.1, 0.15) is 0 Å². The van der Waals surface area contributed by atoms with Crippen LogP contribution in [0.1, 0.15) is 22.8 Å². The van der Waals surface area contributed by atoms with Gasteiger partial charge in [-0.05, 0) is 24.1 Å². The molecule has 17 heavy (non-hydrogen) atoms. The maximum atomic E-state index is 11.0. The quantitative estimate of drug-likeness (QED) is 0.704. The summed E-state index contributed by atoms with van der Waals surface area (Å²) in [6.45, 7) is 1.60. The second kappa shape index (κ2) is 5.79. The highest BCUT2D eigenvalue weighted by atomic mass is 16.2. The van der Waals surface area contributed by atoms with Crippen LogP contribution in [0.15, 0.2) is 24.3 Å². The van der Waals surface area contributed by atoms with Gasteiger partial charge in [-0.2, -0.15) is 0 Å². The lowest BCUT2D eigenvalue weighted by Gasteiger charge is -2.03. The van der Waals surface area contributed by atoms with Crippen LogP contribution in [0.5, 0.6) is 0 Å². The number of carbonyl (C=O) groups is 3. The summed E-state index contributed by atoms with van der Waals surface area (Å²) in [7, 11) is 0. The van der Waals surface area contributed by atoms with E-state index in [0.717, 1.165) is 5.56 Å². The fraction of sp³-hybridized carbons (Fsp3) is 0.250. The second-order valence-corrected chi connectivity index (χ2v) is 3.62. The Labute approximate surface area is 99.0 Å². The maximum absolute atomic E-state index is 11.0. The minimum Gasteiger partial charge on any atom is -0.366 e. The first kappa shape index (κ1) is 12.9. The monoisotopic (exact) mass is 234 g/mol. The third kappa shape index (κ3) is 4.06. The lowest BCUT2D eigenvalue weighted by Crippen LogP contribution is -2.30. The van der Waals surface area contributed by atoms with Gasteiger partial charge in [0, 0.05) is 19.0 Å². The van der Waals surface area contributed by atoms with E-state index in [2.05, 4.69) is 5.32 Å². The molecule has 0 spiro atoms. The molecule has 1 rings (SSSR count). The Morgan fingerprint density at radius 1 is 1.18 bits per heavy atom. The summed E-state index contributed by atoms with van der Waals surface area (Å²) < 4.78 is 0. The largest absolute Gasteiger partial charge is 0.366 e. The molecule has 0 saturated heterocycles. The van der Waals surface area contributed by atoms with Crippen LogP contribution >= 0.6 is 0 Å². The standard InChI is InChI=1S/C12H14N2O3/c1-8(15)12(17)14-7-6-9-2-4-10(5-3-9)11(13)16/h2-5H,6-7H2,1H3,(H2,13,16)(H,14,17). The molecule has 0 heterocycles. The molecular weight excluding hydrogens is 220 g/mol. The van der Waals surface area contributed by atoms with Gasteiger partial charge in [0.05, 0.1) is 0 Å². The summed E-state index contributed by atoms with van der Waals surface area (Å²) in [5.74, 6) is -1.56. The van der Waals surface area contributed by atoms with Crippen molar-refractivity contribution >= 4 is 17.6 Å². The van der Waals surface area contributed by atoms with Gasteiger partial charge >= 0.3 is 0 Å². The van der Waals surface area contributed by atoms with Crippen LogP contribution in [0.3, 0.4) is 0 Å². The number of nitrogens with two attached hydrogens (primary N) is 1. The smallest absolute Gasteiger partial charge is 0.287 e. The molecule has 1 aromatic carbocycles. The van der Waals surface area contributed by atoms with Crippen LogP contribution in [0.4, 0.5) is 0 Å². The van der Waals surface area contributed by atoms with Gasteiger partial charge in [0.2, 0.25) is 11.7 Å². The molecule has 0 radical (unpaired) electrons. The Balaban J connectivity index is 2.45. The Kier molecular flexibility index (Phi) is 4.39. The average Bonchev–Trinajstić information content (AvgIpc) is 2.29. The van der Waals surface area contributed by atoms with Gasteiger partial charge in [0.15, 0.2) is 0 Å². The molecule has 5 heteroatoms. The molecule has 2 amide bonds. The SMILES string of the molecule is CC(=O)C(=O)NCCc1ccc(C(N)=O)cc1. The Bertz CT molecular complexity index is 438. The van der Waals surface area contributed by atoms with Gasteiger partial charge in [-0.15, -0.1) is 0 Å². The zero-order valence-corrected chi connectivity index (χ0v) is 9.53. The molecule has 5 nitrogen and oxygen atoms in total. The van der Waals surface area contributed by atoms with E-state index in [-0.39, 0.29) is 0 Å². The first-order valence-corrected chi connectivity index (χ1v) is 5.18. The van der Waals surface area contributed by atoms with E-state index in [9.17, 15) is 14.4 Å². The first-order chi connectivity index (χ1) is 8.00. The topological polar surface area (TPSA) is 89.3 Å². The number of carbonyl (C=O) groups excluding carboxylic acids is 3. The van der Waals surface area contributed by atoms with Gasteiger partial charge < -0.3 is 11.1 Å². The van der Waals surface area contributed by atoms with E-state index in [1.165, 1.54) is 6.92 Å². The number of ketones is 1. The number of primary amides is 1. The molecule has 0 bridgehead atoms. The maximum Gasteiger partial charge on any atom is 0.287 e. The Hall–Kier alpha value is -2.17. The van der Waals surface area contributed by atoms with Crippen LogP contribution in [-0.4, -0.2) is 24.1 Å². The van der Waals surface area contributed by atoms with Crippen LogP contribution in [-0.2, 0) is 16.0 Å². The molecule has 0 fully saturated rings. The van der Waals surface area contributed by atoms with Gasteiger partial charge in [-0.1, -0.05) is 12.1 Å². The third-order valence-corrected chi connectivity index (χ3v) is 2.26. The molecule has 90 valence electrons. The van der Waals surface area contributed by atoms with E-state index < -0.39 is 17.6 Å². The van der Waals surface area contributed by atoms with E-state index in [1.54, 1.807) is 24.3 Å². The Morgan fingerprint density at radius 2 is 1.76 bits per heavy atom. The molecule has 0 atom stereocenters. The third-order valence-electron chi connectivity index (χ3n) is 2.26. The zero-order valence-electron chi connectivity index (χ0n) is 9.53. The van der Waals surface area contributed by atoms with Crippen LogP contribution in [0, 0.1) is 0 Å². The van der Waals surface area contributed by atoms with Crippen molar-refractivity contribution in [1.82, 2.24) is 5.32 Å². The highest BCUT2D eigenvalue weighted by Crippen LogP contribution is 2.04. The number of benzene rings is 1. The fourth-order valence-electron chi connectivity index (χ4n) is 1.28. The van der Waals surface area contributed by atoms with Gasteiger partial charge in [-0.25, -0.2) is 0 Å². The van der Waals surface area contributed by atoms with Crippen molar-refractivity contribution in [3.63, 3.8) is 0 Å². The van der Waals surface area contributed by atoms with Crippen molar-refractivity contribution in [2.24, 2.45) is 5.73 Å². The van der Waals surface area contributed by atoms with Crippen LogP contribution in [0.25, 0.3) is 0 Å². The predicted molar refractivity (Wildman–Crippen MR) is 62.4 cm³/mol. The zero-order chi connectivity index (χ0) is 12.8. The summed E-state index contributed by atoms with van der Waals surface area (Å²) in [6, 6.07) is 6.79. The molecule has 0 aliphatic rings. The van der Waals surface area contributed by atoms with Crippen molar-refractivity contribution in [2.45, 2.75) is 13.3 Å². The predicted octanol–water partition coefficient (Wildman–Crippen LogP) is 0.0332.